The van der Waals surface area contributed by atoms with E-state index in [1.54, 1.807) is 41.3 Å². The Balaban J connectivity index is 2.55. The third-order valence-electron chi connectivity index (χ3n) is 3.46. The second-order valence-electron chi connectivity index (χ2n) is 5.40. The maximum atomic E-state index is 13.1. The summed E-state index contributed by atoms with van der Waals surface area (Å²) in [7, 11) is 1.52. The average Bonchev–Trinajstić information content (AvgIpc) is 2.56. The zero-order chi connectivity index (χ0) is 17.9. The highest BCUT2D eigenvalue weighted by atomic mass is 127. The van der Waals surface area contributed by atoms with E-state index in [2.05, 4.69) is 28.7 Å². The molecule has 0 aromatic heterocycles. The standard InChI is InChI=1S/C18H16ClIN2O2/c1-11(2)22(13-6-4-5-12(7-13)10-21)18(23)14-8-15(19)16(20)9-17(14)24-3/h4-9,11H,1-3H3. The highest BCUT2D eigenvalue weighted by Gasteiger charge is 2.25. The topological polar surface area (TPSA) is 53.3 Å². The number of halogens is 2. The number of ether oxygens (including phenoxy) is 1. The van der Waals surface area contributed by atoms with Crippen molar-refractivity contribution in [1.82, 2.24) is 0 Å². The zero-order valence-electron chi connectivity index (χ0n) is 13.5. The number of anilines is 1. The molecule has 4 nitrogen and oxygen atoms in total. The van der Waals surface area contributed by atoms with Gasteiger partial charge in [-0.2, -0.15) is 5.26 Å². The molecule has 2 rings (SSSR count). The fraction of sp³-hybridized carbons (Fsp3) is 0.222. The maximum absolute atomic E-state index is 13.1. The second kappa shape index (κ2) is 7.86. The summed E-state index contributed by atoms with van der Waals surface area (Å²) in [4.78, 5) is 14.8. The van der Waals surface area contributed by atoms with Gasteiger partial charge in [-0.3, -0.25) is 4.79 Å². The van der Waals surface area contributed by atoms with Crippen LogP contribution in [0.4, 0.5) is 5.69 Å². The van der Waals surface area contributed by atoms with Crippen LogP contribution in [0.25, 0.3) is 0 Å². The lowest BCUT2D eigenvalue weighted by Gasteiger charge is -2.28. The fourth-order valence-electron chi connectivity index (χ4n) is 2.37. The number of amides is 1. The Hall–Kier alpha value is -1.78. The van der Waals surface area contributed by atoms with E-state index in [0.29, 0.717) is 27.6 Å². The summed E-state index contributed by atoms with van der Waals surface area (Å²) in [5, 5.41) is 9.59. The minimum absolute atomic E-state index is 0.103. The number of carbonyl (C=O) groups is 1. The second-order valence-corrected chi connectivity index (χ2v) is 6.97. The molecule has 0 saturated carbocycles. The van der Waals surface area contributed by atoms with Crippen LogP contribution in [0.5, 0.6) is 5.75 Å². The van der Waals surface area contributed by atoms with Crippen LogP contribution in [0.1, 0.15) is 29.8 Å². The molecule has 0 radical (unpaired) electrons. The molecule has 0 aliphatic carbocycles. The van der Waals surface area contributed by atoms with E-state index in [4.69, 9.17) is 21.6 Å². The van der Waals surface area contributed by atoms with Gasteiger partial charge in [-0.25, -0.2) is 0 Å². The molecule has 2 aromatic rings. The first kappa shape index (κ1) is 18.6. The van der Waals surface area contributed by atoms with Gasteiger partial charge in [0.05, 0.1) is 29.3 Å². The number of nitrogens with zero attached hydrogens (tertiary/aromatic N) is 2. The third-order valence-corrected chi connectivity index (χ3v) is 4.99. The number of methoxy groups -OCH3 is 1. The highest BCUT2D eigenvalue weighted by molar-refractivity contribution is 14.1. The van der Waals surface area contributed by atoms with E-state index in [1.165, 1.54) is 7.11 Å². The van der Waals surface area contributed by atoms with Crippen LogP contribution in [0, 0.1) is 14.9 Å². The maximum Gasteiger partial charge on any atom is 0.262 e. The van der Waals surface area contributed by atoms with Crippen molar-refractivity contribution in [3.63, 3.8) is 0 Å². The first-order valence-electron chi connectivity index (χ1n) is 7.25. The number of hydrogen-bond acceptors (Lipinski definition) is 3. The van der Waals surface area contributed by atoms with Gasteiger partial charge >= 0.3 is 0 Å². The number of rotatable bonds is 4. The van der Waals surface area contributed by atoms with Gasteiger partial charge in [-0.15, -0.1) is 0 Å². The van der Waals surface area contributed by atoms with Crippen LogP contribution < -0.4 is 9.64 Å². The number of benzene rings is 2. The van der Waals surface area contributed by atoms with E-state index in [1.807, 2.05) is 13.8 Å². The lowest BCUT2D eigenvalue weighted by atomic mass is 10.1. The third kappa shape index (κ3) is 3.82. The first-order chi connectivity index (χ1) is 11.4. The van der Waals surface area contributed by atoms with E-state index >= 15 is 0 Å². The van der Waals surface area contributed by atoms with Gasteiger partial charge in [-0.1, -0.05) is 17.7 Å². The number of hydrogen-bond donors (Lipinski definition) is 0. The van der Waals surface area contributed by atoms with Gasteiger partial charge in [0.25, 0.3) is 5.91 Å². The van der Waals surface area contributed by atoms with Crippen molar-refractivity contribution in [2.75, 3.05) is 12.0 Å². The molecule has 2 aromatic carbocycles. The molecule has 0 atom stereocenters. The zero-order valence-corrected chi connectivity index (χ0v) is 16.4. The number of nitriles is 1. The Kier molecular flexibility index (Phi) is 6.08. The van der Waals surface area contributed by atoms with Crippen molar-refractivity contribution < 1.29 is 9.53 Å². The summed E-state index contributed by atoms with van der Waals surface area (Å²) < 4.78 is 6.16. The molecule has 0 spiro atoms. The van der Waals surface area contributed by atoms with E-state index in [-0.39, 0.29) is 11.9 Å². The molecule has 0 N–H and O–H groups in total. The summed E-state index contributed by atoms with van der Waals surface area (Å²) in [5.74, 6) is 0.242. The van der Waals surface area contributed by atoms with Crippen LogP contribution in [-0.4, -0.2) is 19.1 Å². The Morgan fingerprint density at radius 3 is 2.62 bits per heavy atom. The Bertz CT molecular complexity index is 815. The quantitative estimate of drug-likeness (QED) is 0.619. The van der Waals surface area contributed by atoms with Crippen LogP contribution in [0.2, 0.25) is 5.02 Å². The van der Waals surface area contributed by atoms with Gasteiger partial charge in [0.2, 0.25) is 0 Å². The fourth-order valence-corrected chi connectivity index (χ4v) is 2.97. The molecule has 1 amide bonds. The molecular weight excluding hydrogens is 439 g/mol. The molecular formula is C18H16ClIN2O2. The molecule has 24 heavy (non-hydrogen) atoms. The molecule has 0 unspecified atom stereocenters. The summed E-state index contributed by atoms with van der Waals surface area (Å²) in [5.41, 5.74) is 1.54. The lowest BCUT2D eigenvalue weighted by molar-refractivity contribution is 0.0977. The van der Waals surface area contributed by atoms with Gasteiger partial charge in [0, 0.05) is 15.3 Å². The van der Waals surface area contributed by atoms with E-state index < -0.39 is 0 Å². The summed E-state index contributed by atoms with van der Waals surface area (Å²) in [6.07, 6.45) is 0. The normalized spacial score (nSPS) is 10.4. The van der Waals surface area contributed by atoms with Gasteiger partial charge in [0.1, 0.15) is 5.75 Å². The average molecular weight is 455 g/mol. The minimum atomic E-state index is -0.227. The van der Waals surface area contributed by atoms with E-state index in [9.17, 15) is 4.79 Å². The SMILES string of the molecule is COc1cc(I)c(Cl)cc1C(=O)N(c1cccc(C#N)c1)C(C)C. The van der Waals surface area contributed by atoms with Crippen molar-refractivity contribution in [3.05, 3.63) is 56.1 Å². The van der Waals surface area contributed by atoms with Crippen LogP contribution in [-0.2, 0) is 0 Å². The van der Waals surface area contributed by atoms with Gasteiger partial charge < -0.3 is 9.64 Å². The summed E-state index contributed by atoms with van der Waals surface area (Å²) in [6, 6.07) is 12.3. The molecule has 0 bridgehead atoms. The van der Waals surface area contributed by atoms with E-state index in [0.717, 1.165) is 3.57 Å². The monoisotopic (exact) mass is 454 g/mol. The van der Waals surface area contributed by atoms with Crippen molar-refractivity contribution in [3.8, 4) is 11.8 Å². The van der Waals surface area contributed by atoms with Crippen LogP contribution >= 0.6 is 34.2 Å². The van der Waals surface area contributed by atoms with Crippen LogP contribution in [0.3, 0.4) is 0 Å². The smallest absolute Gasteiger partial charge is 0.262 e. The molecule has 0 aliphatic rings. The Morgan fingerprint density at radius 1 is 1.33 bits per heavy atom. The first-order valence-corrected chi connectivity index (χ1v) is 8.71. The number of carbonyl (C=O) groups excluding carboxylic acids is 1. The molecule has 124 valence electrons. The Labute approximate surface area is 160 Å². The van der Waals surface area contributed by atoms with Crippen LogP contribution in [0.15, 0.2) is 36.4 Å². The Morgan fingerprint density at radius 2 is 2.04 bits per heavy atom. The molecule has 0 aliphatic heterocycles. The molecule has 6 heteroatoms. The molecule has 0 saturated heterocycles. The largest absolute Gasteiger partial charge is 0.496 e. The summed E-state index contributed by atoms with van der Waals surface area (Å²) in [6.45, 7) is 3.83. The van der Waals surface area contributed by atoms with Crippen molar-refractivity contribution in [1.29, 1.82) is 5.26 Å². The lowest BCUT2D eigenvalue weighted by Crippen LogP contribution is -2.37. The predicted octanol–water partition coefficient (Wildman–Crippen LogP) is 4.88. The minimum Gasteiger partial charge on any atom is -0.496 e. The van der Waals surface area contributed by atoms with Crippen molar-refractivity contribution in [2.24, 2.45) is 0 Å². The van der Waals surface area contributed by atoms with Gasteiger partial charge in [-0.05, 0) is 66.8 Å². The van der Waals surface area contributed by atoms with Crippen molar-refractivity contribution in [2.45, 2.75) is 19.9 Å². The van der Waals surface area contributed by atoms with Gasteiger partial charge in [0.15, 0.2) is 0 Å². The predicted molar refractivity (Wildman–Crippen MR) is 104 cm³/mol. The summed E-state index contributed by atoms with van der Waals surface area (Å²) >= 11 is 8.28. The highest BCUT2D eigenvalue weighted by Crippen LogP contribution is 2.31. The molecule has 0 fully saturated rings. The van der Waals surface area contributed by atoms with Crippen molar-refractivity contribution >= 4 is 45.8 Å². The molecule has 0 heterocycles.